The Kier molecular flexibility index (Phi) is 2.16. The second-order valence-electron chi connectivity index (χ2n) is 2.78. The smallest absolute Gasteiger partial charge is 0.344 e. The maximum atomic E-state index is 10.8. The summed E-state index contributed by atoms with van der Waals surface area (Å²) >= 11 is 1.24. The fourth-order valence-corrected chi connectivity index (χ4v) is 2.18. The average molecular weight is 212 g/mol. The van der Waals surface area contributed by atoms with Crippen molar-refractivity contribution in [3.63, 3.8) is 0 Å². The number of hydrogen-bond acceptors (Lipinski definition) is 5. The predicted molar refractivity (Wildman–Crippen MR) is 50.1 cm³/mol. The van der Waals surface area contributed by atoms with Crippen molar-refractivity contribution in [2.45, 2.75) is 12.4 Å². The second-order valence-corrected chi connectivity index (χ2v) is 3.87. The minimum absolute atomic E-state index is 0.156. The van der Waals surface area contributed by atoms with Crippen LogP contribution in [0.5, 0.6) is 0 Å². The lowest BCUT2D eigenvalue weighted by Gasteiger charge is -2.10. The van der Waals surface area contributed by atoms with E-state index in [1.165, 1.54) is 11.8 Å². The molecule has 0 spiro atoms. The molecular weight excluding hydrogens is 204 g/mol. The molecular formula is C7H8N4O2S. The van der Waals surface area contributed by atoms with Gasteiger partial charge in [-0.25, -0.2) is 4.79 Å². The van der Waals surface area contributed by atoms with Gasteiger partial charge in [0.2, 0.25) is 0 Å². The van der Waals surface area contributed by atoms with Gasteiger partial charge in [-0.2, -0.15) is 0 Å². The number of hydrogen-bond donors (Lipinski definition) is 2. The maximum absolute atomic E-state index is 10.8. The monoisotopic (exact) mass is 212 g/mol. The van der Waals surface area contributed by atoms with Gasteiger partial charge in [0.05, 0.1) is 0 Å². The molecule has 1 aromatic rings. The van der Waals surface area contributed by atoms with E-state index in [4.69, 9.17) is 5.11 Å². The third-order valence-corrected chi connectivity index (χ3v) is 3.11. The molecule has 2 rings (SSSR count). The van der Waals surface area contributed by atoms with Crippen molar-refractivity contribution < 1.29 is 9.90 Å². The molecule has 0 fully saturated rings. The summed E-state index contributed by atoms with van der Waals surface area (Å²) in [6, 6.07) is 0. The van der Waals surface area contributed by atoms with Crippen molar-refractivity contribution in [3.8, 4) is 0 Å². The Labute approximate surface area is 84.0 Å². The molecule has 6 nitrogen and oxygen atoms in total. The van der Waals surface area contributed by atoms with E-state index in [2.05, 4.69) is 15.5 Å². The lowest BCUT2D eigenvalue weighted by Crippen LogP contribution is -2.16. The highest BCUT2D eigenvalue weighted by Gasteiger charge is 2.27. The molecule has 1 aliphatic heterocycles. The molecule has 0 saturated carbocycles. The lowest BCUT2D eigenvalue weighted by atomic mass is 10.4. The van der Waals surface area contributed by atoms with Gasteiger partial charge in [-0.05, 0) is 6.92 Å². The molecule has 2 heterocycles. The zero-order valence-corrected chi connectivity index (χ0v) is 8.15. The van der Waals surface area contributed by atoms with Crippen LogP contribution in [0.25, 0.3) is 0 Å². The Morgan fingerprint density at radius 3 is 2.79 bits per heavy atom. The number of aromatic nitrogens is 3. The van der Waals surface area contributed by atoms with Crippen LogP contribution >= 0.6 is 11.8 Å². The molecule has 1 unspecified atom stereocenters. The Bertz CT molecular complexity index is 386. The van der Waals surface area contributed by atoms with Crippen molar-refractivity contribution in [1.29, 1.82) is 0 Å². The summed E-state index contributed by atoms with van der Waals surface area (Å²) < 4.78 is 1.71. The highest BCUT2D eigenvalue weighted by Crippen LogP contribution is 2.36. The highest BCUT2D eigenvalue weighted by atomic mass is 32.2. The molecule has 2 N–H and O–H groups in total. The molecule has 0 amide bonds. The van der Waals surface area contributed by atoms with Crippen molar-refractivity contribution in [2.75, 3.05) is 0 Å². The van der Waals surface area contributed by atoms with Crippen molar-refractivity contribution >= 4 is 17.7 Å². The van der Waals surface area contributed by atoms with Crippen LogP contribution in [0.1, 0.15) is 12.4 Å². The summed E-state index contributed by atoms with van der Waals surface area (Å²) in [5, 5.41) is 19.2. The summed E-state index contributed by atoms with van der Waals surface area (Å²) in [5.41, 5.74) is 0.511. The second kappa shape index (κ2) is 3.33. The number of nitrogens with zero attached hydrogens (tertiary/aromatic N) is 3. The number of nitrogens with one attached hydrogen (secondary N) is 1. The minimum Gasteiger partial charge on any atom is -0.477 e. The standard InChI is InChI=1S/C7H8N4O2S/c1-4-5(6(12)13)14-7(10-4)11-2-8-9-3-11/h2-3,7,10H,1H3,(H,12,13). The van der Waals surface area contributed by atoms with Crippen LogP contribution < -0.4 is 5.32 Å². The zero-order chi connectivity index (χ0) is 10.1. The summed E-state index contributed by atoms with van der Waals surface area (Å²) in [6.07, 6.45) is 3.09. The van der Waals surface area contributed by atoms with Gasteiger partial charge in [0.1, 0.15) is 17.6 Å². The van der Waals surface area contributed by atoms with Crippen LogP contribution in [0.15, 0.2) is 23.3 Å². The first-order valence-corrected chi connectivity index (χ1v) is 4.78. The first-order valence-electron chi connectivity index (χ1n) is 3.90. The van der Waals surface area contributed by atoms with Crippen LogP contribution in [0, 0.1) is 0 Å². The number of allylic oxidation sites excluding steroid dienone is 1. The highest BCUT2D eigenvalue weighted by molar-refractivity contribution is 8.04. The summed E-state index contributed by atoms with van der Waals surface area (Å²) in [7, 11) is 0. The normalized spacial score (nSPS) is 21.1. The number of carbonyl (C=O) groups is 1. The predicted octanol–water partition coefficient (Wildman–Crippen LogP) is 0.387. The Hall–Kier alpha value is -1.50. The largest absolute Gasteiger partial charge is 0.477 e. The summed E-state index contributed by atoms with van der Waals surface area (Å²) in [4.78, 5) is 11.1. The number of rotatable bonds is 2. The van der Waals surface area contributed by atoms with Gasteiger partial charge >= 0.3 is 5.97 Å². The third-order valence-electron chi connectivity index (χ3n) is 1.81. The third kappa shape index (κ3) is 1.46. The number of thioether (sulfide) groups is 1. The topological polar surface area (TPSA) is 80.0 Å². The first kappa shape index (κ1) is 9.07. The van der Waals surface area contributed by atoms with Gasteiger partial charge in [0.15, 0.2) is 5.50 Å². The molecule has 1 aliphatic rings. The maximum Gasteiger partial charge on any atom is 0.344 e. The van der Waals surface area contributed by atoms with Crippen LogP contribution in [0.4, 0.5) is 0 Å². The van der Waals surface area contributed by atoms with Gasteiger partial charge in [-0.15, -0.1) is 10.2 Å². The van der Waals surface area contributed by atoms with E-state index in [0.717, 1.165) is 0 Å². The van der Waals surface area contributed by atoms with E-state index < -0.39 is 5.97 Å². The molecule has 0 aliphatic carbocycles. The molecule has 0 saturated heterocycles. The van der Waals surface area contributed by atoms with Crippen LogP contribution in [-0.2, 0) is 4.79 Å². The van der Waals surface area contributed by atoms with E-state index in [9.17, 15) is 4.79 Å². The van der Waals surface area contributed by atoms with Gasteiger partial charge in [-0.1, -0.05) is 11.8 Å². The Morgan fingerprint density at radius 1 is 1.64 bits per heavy atom. The summed E-state index contributed by atoms with van der Waals surface area (Å²) in [5.74, 6) is -0.907. The molecule has 1 atom stereocenters. The number of carboxylic acid groups (broad SMARTS) is 1. The van der Waals surface area contributed by atoms with Crippen LogP contribution in [0.2, 0.25) is 0 Å². The molecule has 7 heteroatoms. The first-order chi connectivity index (χ1) is 6.68. The molecule has 74 valence electrons. The van der Waals surface area contributed by atoms with Crippen molar-refractivity contribution in [3.05, 3.63) is 23.3 Å². The average Bonchev–Trinajstić information content (AvgIpc) is 2.70. The Morgan fingerprint density at radius 2 is 2.29 bits per heavy atom. The molecule has 0 bridgehead atoms. The van der Waals surface area contributed by atoms with E-state index >= 15 is 0 Å². The number of carboxylic acids is 1. The fraction of sp³-hybridized carbons (Fsp3) is 0.286. The van der Waals surface area contributed by atoms with Gasteiger partial charge in [0.25, 0.3) is 0 Å². The van der Waals surface area contributed by atoms with E-state index in [0.29, 0.717) is 10.6 Å². The minimum atomic E-state index is -0.907. The van der Waals surface area contributed by atoms with Gasteiger partial charge in [-0.3, -0.25) is 4.57 Å². The lowest BCUT2D eigenvalue weighted by molar-refractivity contribution is -0.131. The molecule has 14 heavy (non-hydrogen) atoms. The van der Waals surface area contributed by atoms with Gasteiger partial charge < -0.3 is 10.4 Å². The molecule has 0 radical (unpaired) electrons. The summed E-state index contributed by atoms with van der Waals surface area (Å²) in [6.45, 7) is 1.74. The Balaban J connectivity index is 2.16. The van der Waals surface area contributed by atoms with Crippen molar-refractivity contribution in [2.24, 2.45) is 0 Å². The zero-order valence-electron chi connectivity index (χ0n) is 7.34. The van der Waals surface area contributed by atoms with Gasteiger partial charge in [0, 0.05) is 5.70 Å². The van der Waals surface area contributed by atoms with E-state index in [1.54, 1.807) is 24.1 Å². The number of aliphatic carboxylic acids is 1. The van der Waals surface area contributed by atoms with Crippen molar-refractivity contribution in [1.82, 2.24) is 20.1 Å². The molecule has 0 aromatic carbocycles. The van der Waals surface area contributed by atoms with Crippen LogP contribution in [0.3, 0.4) is 0 Å². The molecule has 1 aromatic heterocycles. The SMILES string of the molecule is CC1=C(C(=O)O)SC(n2cnnc2)N1. The van der Waals surface area contributed by atoms with E-state index in [1.807, 2.05) is 0 Å². The fourth-order valence-electron chi connectivity index (χ4n) is 1.16. The quantitative estimate of drug-likeness (QED) is 0.738. The van der Waals surface area contributed by atoms with E-state index in [-0.39, 0.29) is 5.50 Å². The van der Waals surface area contributed by atoms with Crippen LogP contribution in [-0.4, -0.2) is 25.8 Å².